The van der Waals surface area contributed by atoms with E-state index in [1.165, 1.54) is 4.90 Å². The third-order valence-corrected chi connectivity index (χ3v) is 3.40. The van der Waals surface area contributed by atoms with E-state index in [2.05, 4.69) is 0 Å². The SMILES string of the molecule is CCN(CC(F)(F)F)CC1(CN)CCOCC1. The second kappa shape index (κ2) is 6.02. The Morgan fingerprint density at radius 2 is 1.88 bits per heavy atom. The van der Waals surface area contributed by atoms with Crippen molar-refractivity contribution in [2.24, 2.45) is 11.1 Å². The van der Waals surface area contributed by atoms with Crippen LogP contribution < -0.4 is 5.73 Å². The van der Waals surface area contributed by atoms with Crippen LogP contribution in [0.25, 0.3) is 0 Å². The van der Waals surface area contributed by atoms with Gasteiger partial charge in [0.25, 0.3) is 0 Å². The molecule has 0 unspecified atom stereocenters. The molecule has 0 amide bonds. The number of halogens is 3. The van der Waals surface area contributed by atoms with Crippen LogP contribution in [-0.2, 0) is 4.74 Å². The first-order valence-corrected chi connectivity index (χ1v) is 5.98. The molecule has 1 aliphatic rings. The van der Waals surface area contributed by atoms with Crippen LogP contribution in [0.1, 0.15) is 19.8 Å². The minimum absolute atomic E-state index is 0.209. The molecule has 1 fully saturated rings. The van der Waals surface area contributed by atoms with Crippen molar-refractivity contribution in [1.82, 2.24) is 4.90 Å². The summed E-state index contributed by atoms with van der Waals surface area (Å²) in [5.41, 5.74) is 5.53. The molecule has 1 aliphatic heterocycles. The number of alkyl halides is 3. The Morgan fingerprint density at radius 3 is 2.29 bits per heavy atom. The summed E-state index contributed by atoms with van der Waals surface area (Å²) in [5, 5.41) is 0. The van der Waals surface area contributed by atoms with Crippen LogP contribution in [0.2, 0.25) is 0 Å². The molecule has 0 aromatic rings. The van der Waals surface area contributed by atoms with Gasteiger partial charge in [-0.2, -0.15) is 13.2 Å². The van der Waals surface area contributed by atoms with Crippen molar-refractivity contribution in [2.75, 3.05) is 39.4 Å². The summed E-state index contributed by atoms with van der Waals surface area (Å²) < 4.78 is 42.4. The molecule has 0 bridgehead atoms. The molecule has 2 N–H and O–H groups in total. The standard InChI is InChI=1S/C11H21F3N2O/c1-2-16(9-11(12,13)14)8-10(7-15)3-5-17-6-4-10/h2-9,15H2,1H3. The van der Waals surface area contributed by atoms with Gasteiger partial charge in [0, 0.05) is 19.8 Å². The maximum atomic E-state index is 12.4. The first-order valence-electron chi connectivity index (χ1n) is 5.98. The highest BCUT2D eigenvalue weighted by molar-refractivity contribution is 4.86. The van der Waals surface area contributed by atoms with Crippen LogP contribution in [0.5, 0.6) is 0 Å². The smallest absolute Gasteiger partial charge is 0.381 e. The third kappa shape index (κ3) is 4.81. The van der Waals surface area contributed by atoms with Crippen molar-refractivity contribution in [3.05, 3.63) is 0 Å². The number of nitrogens with zero attached hydrogens (tertiary/aromatic N) is 1. The summed E-state index contributed by atoms with van der Waals surface area (Å²) in [5.74, 6) is 0. The van der Waals surface area contributed by atoms with Crippen molar-refractivity contribution in [2.45, 2.75) is 25.9 Å². The highest BCUT2D eigenvalue weighted by Gasteiger charge is 2.36. The van der Waals surface area contributed by atoms with E-state index in [1.807, 2.05) is 0 Å². The fourth-order valence-electron chi connectivity index (χ4n) is 2.24. The number of hydrogen-bond acceptors (Lipinski definition) is 3. The van der Waals surface area contributed by atoms with E-state index in [4.69, 9.17) is 10.5 Å². The Bertz CT molecular complexity index is 227. The lowest BCUT2D eigenvalue weighted by Crippen LogP contribution is -2.48. The van der Waals surface area contributed by atoms with E-state index in [1.54, 1.807) is 6.92 Å². The first-order chi connectivity index (χ1) is 7.91. The van der Waals surface area contributed by atoms with Crippen molar-refractivity contribution in [3.8, 4) is 0 Å². The number of nitrogens with two attached hydrogens (primary N) is 1. The number of rotatable bonds is 5. The van der Waals surface area contributed by atoms with Gasteiger partial charge < -0.3 is 10.5 Å². The monoisotopic (exact) mass is 254 g/mol. The summed E-state index contributed by atoms with van der Waals surface area (Å²) >= 11 is 0. The van der Waals surface area contributed by atoms with Crippen LogP contribution in [0.3, 0.4) is 0 Å². The van der Waals surface area contributed by atoms with E-state index in [0.717, 1.165) is 12.8 Å². The molecule has 1 heterocycles. The summed E-state index contributed by atoms with van der Waals surface area (Å²) in [7, 11) is 0. The highest BCUT2D eigenvalue weighted by atomic mass is 19.4. The quantitative estimate of drug-likeness (QED) is 0.810. The largest absolute Gasteiger partial charge is 0.401 e. The van der Waals surface area contributed by atoms with E-state index in [9.17, 15) is 13.2 Å². The zero-order valence-electron chi connectivity index (χ0n) is 10.2. The average molecular weight is 254 g/mol. The average Bonchev–Trinajstić information content (AvgIpc) is 2.27. The molecule has 17 heavy (non-hydrogen) atoms. The van der Waals surface area contributed by atoms with Crippen molar-refractivity contribution in [1.29, 1.82) is 0 Å². The molecule has 102 valence electrons. The molecule has 1 saturated heterocycles. The Morgan fingerprint density at radius 1 is 1.29 bits per heavy atom. The molecule has 0 aliphatic carbocycles. The van der Waals surface area contributed by atoms with Gasteiger partial charge in [-0.3, -0.25) is 4.90 Å². The Balaban J connectivity index is 2.58. The van der Waals surface area contributed by atoms with Gasteiger partial charge in [0.1, 0.15) is 0 Å². The molecule has 3 nitrogen and oxygen atoms in total. The van der Waals surface area contributed by atoms with Crippen LogP contribution in [0.15, 0.2) is 0 Å². The lowest BCUT2D eigenvalue weighted by Gasteiger charge is -2.40. The van der Waals surface area contributed by atoms with E-state index >= 15 is 0 Å². The zero-order chi connectivity index (χ0) is 12.9. The fourth-order valence-corrected chi connectivity index (χ4v) is 2.24. The Kier molecular flexibility index (Phi) is 5.22. The highest BCUT2D eigenvalue weighted by Crippen LogP contribution is 2.31. The predicted molar refractivity (Wildman–Crippen MR) is 59.7 cm³/mol. The van der Waals surface area contributed by atoms with Gasteiger partial charge >= 0.3 is 6.18 Å². The number of hydrogen-bond donors (Lipinski definition) is 1. The van der Waals surface area contributed by atoms with Crippen LogP contribution >= 0.6 is 0 Å². The predicted octanol–water partition coefficient (Wildman–Crippen LogP) is 1.63. The molecule has 1 rings (SSSR count). The molecule has 0 saturated carbocycles. The number of ether oxygens (including phenoxy) is 1. The van der Waals surface area contributed by atoms with Gasteiger partial charge in [0.2, 0.25) is 0 Å². The van der Waals surface area contributed by atoms with Gasteiger partial charge in [0.15, 0.2) is 0 Å². The van der Waals surface area contributed by atoms with Gasteiger partial charge in [-0.15, -0.1) is 0 Å². The second-order valence-electron chi connectivity index (χ2n) is 4.73. The van der Waals surface area contributed by atoms with Gasteiger partial charge in [0.05, 0.1) is 6.54 Å². The summed E-state index contributed by atoms with van der Waals surface area (Å²) in [6, 6.07) is 0. The third-order valence-electron chi connectivity index (χ3n) is 3.40. The second-order valence-corrected chi connectivity index (χ2v) is 4.73. The fraction of sp³-hybridized carbons (Fsp3) is 1.00. The molecule has 0 atom stereocenters. The maximum absolute atomic E-state index is 12.4. The molecule has 6 heteroatoms. The van der Waals surface area contributed by atoms with Gasteiger partial charge in [-0.05, 0) is 31.3 Å². The molecule has 0 spiro atoms. The van der Waals surface area contributed by atoms with Crippen molar-refractivity contribution < 1.29 is 17.9 Å². The lowest BCUT2D eigenvalue weighted by molar-refractivity contribution is -0.150. The summed E-state index contributed by atoms with van der Waals surface area (Å²) in [6.45, 7) is 3.30. The maximum Gasteiger partial charge on any atom is 0.401 e. The topological polar surface area (TPSA) is 38.5 Å². The minimum Gasteiger partial charge on any atom is -0.381 e. The molecule has 0 aromatic heterocycles. The van der Waals surface area contributed by atoms with E-state index < -0.39 is 12.7 Å². The normalized spacial score (nSPS) is 20.8. The Labute approximate surface area is 100 Å². The van der Waals surface area contributed by atoms with Gasteiger partial charge in [-0.25, -0.2) is 0 Å². The molecule has 0 aromatic carbocycles. The summed E-state index contributed by atoms with van der Waals surface area (Å²) in [6.07, 6.45) is -2.65. The van der Waals surface area contributed by atoms with Crippen molar-refractivity contribution in [3.63, 3.8) is 0 Å². The molecular formula is C11H21F3N2O. The van der Waals surface area contributed by atoms with Crippen LogP contribution in [0.4, 0.5) is 13.2 Å². The zero-order valence-corrected chi connectivity index (χ0v) is 10.2. The molecular weight excluding hydrogens is 233 g/mol. The molecule has 0 radical (unpaired) electrons. The first kappa shape index (κ1) is 14.7. The van der Waals surface area contributed by atoms with Crippen molar-refractivity contribution >= 4 is 0 Å². The van der Waals surface area contributed by atoms with Crippen LogP contribution in [0, 0.1) is 5.41 Å². The Hall–Kier alpha value is -0.330. The summed E-state index contributed by atoms with van der Waals surface area (Å²) in [4.78, 5) is 1.43. The van der Waals surface area contributed by atoms with Crippen LogP contribution in [-0.4, -0.2) is 50.5 Å². The minimum atomic E-state index is -4.14. The van der Waals surface area contributed by atoms with E-state index in [-0.39, 0.29) is 5.41 Å². The van der Waals surface area contributed by atoms with Gasteiger partial charge in [-0.1, -0.05) is 6.92 Å². The lowest BCUT2D eigenvalue weighted by atomic mass is 9.79. The van der Waals surface area contributed by atoms with E-state index in [0.29, 0.717) is 32.8 Å².